The Kier molecular flexibility index (Phi) is 4.17. The van der Waals surface area contributed by atoms with Crippen molar-refractivity contribution in [1.29, 1.82) is 0 Å². The van der Waals surface area contributed by atoms with E-state index in [0.717, 1.165) is 0 Å². The summed E-state index contributed by atoms with van der Waals surface area (Å²) in [5, 5.41) is 12.2. The van der Waals surface area contributed by atoms with E-state index in [0.29, 0.717) is 0 Å². The predicted octanol–water partition coefficient (Wildman–Crippen LogP) is 1.36. The molecule has 0 aliphatic rings. The van der Waals surface area contributed by atoms with Crippen LogP contribution in [0.5, 0.6) is 0 Å². The van der Waals surface area contributed by atoms with E-state index in [4.69, 9.17) is 0 Å². The molecule has 0 radical (unpaired) electrons. The van der Waals surface area contributed by atoms with Crippen molar-refractivity contribution in [1.82, 2.24) is 10.3 Å². The fourth-order valence-electron chi connectivity index (χ4n) is 1.12. The number of nitrogens with one attached hydrogen (secondary N) is 1. The van der Waals surface area contributed by atoms with Crippen molar-refractivity contribution in [2.75, 3.05) is 6.54 Å². The molecule has 1 heterocycles. The van der Waals surface area contributed by atoms with Crippen LogP contribution in [-0.2, 0) is 0 Å². The summed E-state index contributed by atoms with van der Waals surface area (Å²) in [6, 6.07) is 4.00. The molecule has 0 fully saturated rings. The number of hydrogen-bond donors (Lipinski definition) is 2. The Morgan fingerprint density at radius 1 is 1.53 bits per heavy atom. The van der Waals surface area contributed by atoms with E-state index >= 15 is 0 Å². The highest BCUT2D eigenvalue weighted by atomic mass is 19.1. The molecular weight excluding hydrogens is 223 g/mol. The molecule has 17 heavy (non-hydrogen) atoms. The van der Waals surface area contributed by atoms with E-state index < -0.39 is 18.0 Å². The van der Waals surface area contributed by atoms with Gasteiger partial charge in [-0.2, -0.15) is 4.39 Å². The number of carbonyl (C=O) groups excluding carboxylic acids is 1. The molecule has 0 saturated heterocycles. The van der Waals surface area contributed by atoms with E-state index in [1.165, 1.54) is 18.2 Å². The van der Waals surface area contributed by atoms with Gasteiger partial charge in [0.25, 0.3) is 5.91 Å². The van der Waals surface area contributed by atoms with Gasteiger partial charge in [-0.1, -0.05) is 26.8 Å². The van der Waals surface area contributed by atoms with Crippen molar-refractivity contribution in [2.24, 2.45) is 5.41 Å². The van der Waals surface area contributed by atoms with Crippen molar-refractivity contribution in [2.45, 2.75) is 26.9 Å². The molecule has 1 aromatic rings. The number of pyridine rings is 1. The molecule has 1 atom stereocenters. The van der Waals surface area contributed by atoms with Crippen molar-refractivity contribution >= 4 is 5.91 Å². The molecule has 1 amide bonds. The van der Waals surface area contributed by atoms with Gasteiger partial charge in [-0.25, -0.2) is 4.98 Å². The molecule has 1 rings (SSSR count). The Bertz CT molecular complexity index is 402. The molecule has 5 heteroatoms. The van der Waals surface area contributed by atoms with Gasteiger partial charge in [-0.15, -0.1) is 0 Å². The Labute approximate surface area is 99.9 Å². The smallest absolute Gasteiger partial charge is 0.270 e. The zero-order valence-electron chi connectivity index (χ0n) is 10.2. The van der Waals surface area contributed by atoms with Gasteiger partial charge in [0.15, 0.2) is 0 Å². The van der Waals surface area contributed by atoms with Crippen molar-refractivity contribution in [3.8, 4) is 0 Å². The lowest BCUT2D eigenvalue weighted by atomic mass is 9.89. The van der Waals surface area contributed by atoms with Crippen LogP contribution in [0.1, 0.15) is 31.3 Å². The second-order valence-corrected chi connectivity index (χ2v) is 4.94. The van der Waals surface area contributed by atoms with Gasteiger partial charge in [-0.05, 0) is 17.5 Å². The minimum Gasteiger partial charge on any atom is -0.391 e. The monoisotopic (exact) mass is 240 g/mol. The number of amides is 1. The second-order valence-electron chi connectivity index (χ2n) is 4.94. The molecule has 94 valence electrons. The topological polar surface area (TPSA) is 62.2 Å². The molecule has 0 aliphatic carbocycles. The first-order valence-corrected chi connectivity index (χ1v) is 5.39. The fraction of sp³-hybridized carbons (Fsp3) is 0.500. The van der Waals surface area contributed by atoms with Crippen LogP contribution < -0.4 is 5.32 Å². The highest BCUT2D eigenvalue weighted by Crippen LogP contribution is 2.18. The van der Waals surface area contributed by atoms with Crippen LogP contribution in [0.15, 0.2) is 18.2 Å². The number of nitrogens with zero attached hydrogens (tertiary/aromatic N) is 1. The van der Waals surface area contributed by atoms with E-state index in [1.807, 2.05) is 20.8 Å². The summed E-state index contributed by atoms with van der Waals surface area (Å²) in [7, 11) is 0. The van der Waals surface area contributed by atoms with Crippen molar-refractivity contribution < 1.29 is 14.3 Å². The first-order valence-electron chi connectivity index (χ1n) is 5.39. The van der Waals surface area contributed by atoms with Crippen LogP contribution >= 0.6 is 0 Å². The third kappa shape index (κ3) is 4.11. The van der Waals surface area contributed by atoms with Gasteiger partial charge in [0.1, 0.15) is 5.69 Å². The number of aliphatic hydroxyl groups excluding tert-OH is 1. The largest absolute Gasteiger partial charge is 0.391 e. The average molecular weight is 240 g/mol. The van der Waals surface area contributed by atoms with Crippen molar-refractivity contribution in [3.63, 3.8) is 0 Å². The number of aromatic nitrogens is 1. The van der Waals surface area contributed by atoms with Gasteiger partial charge in [-0.3, -0.25) is 4.79 Å². The molecule has 0 aromatic carbocycles. The standard InChI is InChI=1S/C12H17FN2O2/c1-12(2,3)9(16)7-14-11(17)8-5-4-6-10(13)15-8/h4-6,9,16H,7H2,1-3H3,(H,14,17). The Balaban J connectivity index is 2.57. The van der Waals surface area contributed by atoms with Crippen LogP contribution in [0, 0.1) is 11.4 Å². The lowest BCUT2D eigenvalue weighted by Gasteiger charge is -2.25. The number of rotatable bonds is 3. The lowest BCUT2D eigenvalue weighted by Crippen LogP contribution is -2.39. The van der Waals surface area contributed by atoms with E-state index in [-0.39, 0.29) is 17.7 Å². The van der Waals surface area contributed by atoms with Gasteiger partial charge in [0, 0.05) is 6.54 Å². The maximum absolute atomic E-state index is 12.8. The molecule has 0 saturated carbocycles. The maximum atomic E-state index is 12.8. The maximum Gasteiger partial charge on any atom is 0.270 e. The van der Waals surface area contributed by atoms with Gasteiger partial charge >= 0.3 is 0 Å². The molecule has 4 nitrogen and oxygen atoms in total. The highest BCUT2D eigenvalue weighted by molar-refractivity contribution is 5.92. The molecule has 0 spiro atoms. The molecule has 1 unspecified atom stereocenters. The Morgan fingerprint density at radius 2 is 2.18 bits per heavy atom. The molecule has 0 aliphatic heterocycles. The number of aliphatic hydroxyl groups is 1. The van der Waals surface area contributed by atoms with Gasteiger partial charge in [0.05, 0.1) is 6.10 Å². The zero-order valence-corrected chi connectivity index (χ0v) is 10.2. The zero-order chi connectivity index (χ0) is 13.1. The normalized spacial score (nSPS) is 13.2. The first kappa shape index (κ1) is 13.6. The fourth-order valence-corrected chi connectivity index (χ4v) is 1.12. The number of halogens is 1. The van der Waals surface area contributed by atoms with Crippen LogP contribution in [0.2, 0.25) is 0 Å². The van der Waals surface area contributed by atoms with Crippen LogP contribution in [0.4, 0.5) is 4.39 Å². The Morgan fingerprint density at radius 3 is 2.71 bits per heavy atom. The third-order valence-corrected chi connectivity index (χ3v) is 2.40. The molecule has 1 aromatic heterocycles. The summed E-state index contributed by atoms with van der Waals surface area (Å²) in [6.45, 7) is 5.71. The molecule has 2 N–H and O–H groups in total. The van der Waals surface area contributed by atoms with E-state index in [9.17, 15) is 14.3 Å². The van der Waals surface area contributed by atoms with Gasteiger partial charge in [0.2, 0.25) is 5.95 Å². The lowest BCUT2D eigenvalue weighted by molar-refractivity contribution is 0.0585. The van der Waals surface area contributed by atoms with Crippen LogP contribution in [-0.4, -0.2) is 28.6 Å². The summed E-state index contributed by atoms with van der Waals surface area (Å²) in [5.74, 6) is -1.19. The van der Waals surface area contributed by atoms with Gasteiger partial charge < -0.3 is 10.4 Å². The molecule has 0 bridgehead atoms. The van der Waals surface area contributed by atoms with E-state index in [2.05, 4.69) is 10.3 Å². The summed E-state index contributed by atoms with van der Waals surface area (Å²) in [6.07, 6.45) is -0.667. The SMILES string of the molecule is CC(C)(C)C(O)CNC(=O)c1cccc(F)n1. The highest BCUT2D eigenvalue weighted by Gasteiger charge is 2.22. The van der Waals surface area contributed by atoms with Crippen molar-refractivity contribution in [3.05, 3.63) is 29.8 Å². The average Bonchev–Trinajstić information content (AvgIpc) is 2.24. The number of hydrogen-bond acceptors (Lipinski definition) is 3. The third-order valence-electron chi connectivity index (χ3n) is 2.40. The van der Waals surface area contributed by atoms with E-state index in [1.54, 1.807) is 0 Å². The van der Waals surface area contributed by atoms with Crippen LogP contribution in [0.25, 0.3) is 0 Å². The second kappa shape index (κ2) is 5.23. The Hall–Kier alpha value is -1.49. The summed E-state index contributed by atoms with van der Waals surface area (Å²) in [4.78, 5) is 15.0. The minimum atomic E-state index is -0.700. The summed E-state index contributed by atoms with van der Waals surface area (Å²) >= 11 is 0. The first-order chi connectivity index (χ1) is 7.80. The summed E-state index contributed by atoms with van der Waals surface area (Å²) in [5.41, 5.74) is -0.311. The number of carbonyl (C=O) groups is 1. The van der Waals surface area contributed by atoms with Crippen LogP contribution in [0.3, 0.4) is 0 Å². The molecular formula is C12H17FN2O2. The predicted molar refractivity (Wildman–Crippen MR) is 62.0 cm³/mol. The quantitative estimate of drug-likeness (QED) is 0.784. The minimum absolute atomic E-state index is 0.00566. The summed E-state index contributed by atoms with van der Waals surface area (Å²) < 4.78 is 12.8.